The van der Waals surface area contributed by atoms with Crippen molar-refractivity contribution in [2.75, 3.05) is 18.5 Å². The van der Waals surface area contributed by atoms with E-state index in [-0.39, 0.29) is 5.82 Å². The maximum atomic E-state index is 14.2. The van der Waals surface area contributed by atoms with Gasteiger partial charge in [-0.1, -0.05) is 19.1 Å². The van der Waals surface area contributed by atoms with Crippen LogP contribution in [0.15, 0.2) is 23.6 Å². The number of aryl methyl sites for hydroxylation is 1. The normalized spacial score (nSPS) is 10.9. The quantitative estimate of drug-likeness (QED) is 0.790. The lowest BCUT2D eigenvalue weighted by Gasteiger charge is -2.22. The third-order valence-electron chi connectivity index (χ3n) is 3.26. The van der Waals surface area contributed by atoms with Crippen molar-refractivity contribution < 1.29 is 4.39 Å². The number of halogens is 1. The minimum atomic E-state index is -0.180. The Kier molecular flexibility index (Phi) is 5.70. The topological polar surface area (TPSA) is 28.2 Å². The van der Waals surface area contributed by atoms with Gasteiger partial charge in [0.2, 0.25) is 0 Å². The molecule has 2 aromatic rings. The number of anilines is 1. The number of para-hydroxylation sites is 1. The van der Waals surface area contributed by atoms with Crippen molar-refractivity contribution in [2.24, 2.45) is 0 Å². The number of nitrogens with zero attached hydrogens (tertiary/aromatic N) is 2. The molecule has 1 heterocycles. The fourth-order valence-corrected chi connectivity index (χ4v) is 2.94. The molecule has 0 radical (unpaired) electrons. The van der Waals surface area contributed by atoms with E-state index >= 15 is 0 Å². The summed E-state index contributed by atoms with van der Waals surface area (Å²) in [5.74, 6) is -0.180. The lowest BCUT2D eigenvalue weighted by Crippen LogP contribution is -2.22. The molecule has 0 amide bonds. The first-order valence-corrected chi connectivity index (χ1v) is 8.10. The summed E-state index contributed by atoms with van der Waals surface area (Å²) in [6, 6.07) is 5.26. The van der Waals surface area contributed by atoms with Crippen molar-refractivity contribution in [3.63, 3.8) is 0 Å². The Morgan fingerprint density at radius 2 is 2.19 bits per heavy atom. The zero-order valence-corrected chi connectivity index (χ0v) is 13.6. The van der Waals surface area contributed by atoms with Crippen LogP contribution in [-0.4, -0.2) is 18.6 Å². The van der Waals surface area contributed by atoms with Gasteiger partial charge in [-0.3, -0.25) is 0 Å². The molecule has 114 valence electrons. The zero-order chi connectivity index (χ0) is 15.2. The van der Waals surface area contributed by atoms with Gasteiger partial charge in [0.1, 0.15) is 5.82 Å². The van der Waals surface area contributed by atoms with Crippen LogP contribution in [0.25, 0.3) is 0 Å². The van der Waals surface area contributed by atoms with Gasteiger partial charge in [-0.05, 0) is 31.5 Å². The minimum Gasteiger partial charge on any atom is -0.366 e. The lowest BCUT2D eigenvalue weighted by molar-refractivity contribution is 0.612. The van der Waals surface area contributed by atoms with Crippen LogP contribution >= 0.6 is 11.3 Å². The van der Waals surface area contributed by atoms with Crippen LogP contribution < -0.4 is 10.2 Å². The second-order valence-electron chi connectivity index (χ2n) is 5.14. The van der Waals surface area contributed by atoms with E-state index in [1.165, 1.54) is 6.07 Å². The summed E-state index contributed by atoms with van der Waals surface area (Å²) in [7, 11) is 1.91. The van der Waals surface area contributed by atoms with E-state index in [0.717, 1.165) is 29.2 Å². The smallest absolute Gasteiger partial charge is 0.146 e. The largest absolute Gasteiger partial charge is 0.366 e. The van der Waals surface area contributed by atoms with Gasteiger partial charge in [0.05, 0.1) is 22.9 Å². The molecule has 1 N–H and O–H groups in total. The highest BCUT2D eigenvalue weighted by atomic mass is 32.1. The van der Waals surface area contributed by atoms with Crippen LogP contribution in [0, 0.1) is 12.7 Å². The van der Waals surface area contributed by atoms with E-state index in [9.17, 15) is 4.39 Å². The molecule has 0 saturated heterocycles. The van der Waals surface area contributed by atoms with E-state index in [2.05, 4.69) is 17.2 Å². The van der Waals surface area contributed by atoms with E-state index in [4.69, 9.17) is 0 Å². The molecule has 0 aliphatic carbocycles. The molecule has 0 atom stereocenters. The van der Waals surface area contributed by atoms with Gasteiger partial charge in [-0.15, -0.1) is 11.3 Å². The van der Waals surface area contributed by atoms with Crippen molar-refractivity contribution in [3.05, 3.63) is 45.7 Å². The molecular weight excluding hydrogens is 285 g/mol. The van der Waals surface area contributed by atoms with Crippen LogP contribution in [0.1, 0.15) is 29.6 Å². The van der Waals surface area contributed by atoms with E-state index in [0.29, 0.717) is 18.8 Å². The summed E-state index contributed by atoms with van der Waals surface area (Å²) < 4.78 is 14.2. The molecule has 5 heteroatoms. The number of rotatable bonds is 7. The van der Waals surface area contributed by atoms with Crippen LogP contribution in [-0.2, 0) is 13.1 Å². The fourth-order valence-electron chi connectivity index (χ4n) is 2.33. The van der Waals surface area contributed by atoms with E-state index < -0.39 is 0 Å². The highest BCUT2D eigenvalue weighted by molar-refractivity contribution is 7.09. The molecule has 0 saturated carbocycles. The highest BCUT2D eigenvalue weighted by Crippen LogP contribution is 2.25. The number of thiazole rings is 1. The van der Waals surface area contributed by atoms with Crippen molar-refractivity contribution in [2.45, 2.75) is 33.4 Å². The summed E-state index contributed by atoms with van der Waals surface area (Å²) in [6.45, 7) is 6.34. The van der Waals surface area contributed by atoms with Gasteiger partial charge in [0, 0.05) is 19.0 Å². The summed E-state index contributed by atoms with van der Waals surface area (Å²) in [6.07, 6.45) is 1.07. The molecule has 21 heavy (non-hydrogen) atoms. The molecular formula is C16H22FN3S. The van der Waals surface area contributed by atoms with Crippen molar-refractivity contribution in [1.82, 2.24) is 10.3 Å². The molecule has 0 aliphatic heterocycles. The Bertz CT molecular complexity index is 583. The number of benzene rings is 1. The first-order valence-electron chi connectivity index (χ1n) is 7.22. The van der Waals surface area contributed by atoms with E-state index in [1.54, 1.807) is 17.4 Å². The Labute approximate surface area is 129 Å². The molecule has 0 unspecified atom stereocenters. The molecule has 3 nitrogen and oxygen atoms in total. The first-order chi connectivity index (χ1) is 10.1. The second kappa shape index (κ2) is 7.52. The SMILES string of the molecule is CCCNCc1cccc(F)c1N(C)Cc1csc(C)n1. The third kappa shape index (κ3) is 4.25. The van der Waals surface area contributed by atoms with Crippen LogP contribution in [0.3, 0.4) is 0 Å². The van der Waals surface area contributed by atoms with Gasteiger partial charge in [-0.2, -0.15) is 0 Å². The van der Waals surface area contributed by atoms with Gasteiger partial charge in [0.25, 0.3) is 0 Å². The van der Waals surface area contributed by atoms with Crippen molar-refractivity contribution in [1.29, 1.82) is 0 Å². The van der Waals surface area contributed by atoms with Crippen molar-refractivity contribution >= 4 is 17.0 Å². The Balaban J connectivity index is 2.16. The molecule has 1 aromatic heterocycles. The summed E-state index contributed by atoms with van der Waals surface area (Å²) in [4.78, 5) is 6.39. The fraction of sp³-hybridized carbons (Fsp3) is 0.438. The molecule has 0 fully saturated rings. The Morgan fingerprint density at radius 1 is 1.38 bits per heavy atom. The monoisotopic (exact) mass is 307 g/mol. The average molecular weight is 307 g/mol. The number of nitrogens with one attached hydrogen (secondary N) is 1. The van der Waals surface area contributed by atoms with Crippen LogP contribution in [0.5, 0.6) is 0 Å². The van der Waals surface area contributed by atoms with Gasteiger partial charge >= 0.3 is 0 Å². The molecule has 1 aromatic carbocycles. The first kappa shape index (κ1) is 15.9. The second-order valence-corrected chi connectivity index (χ2v) is 6.20. The van der Waals surface area contributed by atoms with E-state index in [1.807, 2.05) is 30.3 Å². The van der Waals surface area contributed by atoms with Crippen molar-refractivity contribution in [3.8, 4) is 0 Å². The molecule has 0 aliphatic rings. The van der Waals surface area contributed by atoms with Crippen LogP contribution in [0.2, 0.25) is 0 Å². The third-order valence-corrected chi connectivity index (χ3v) is 4.08. The Hall–Kier alpha value is -1.46. The molecule has 0 spiro atoms. The predicted octanol–water partition coefficient (Wildman–Crippen LogP) is 3.73. The predicted molar refractivity (Wildman–Crippen MR) is 87.4 cm³/mol. The summed E-state index contributed by atoms with van der Waals surface area (Å²) >= 11 is 1.62. The standard InChI is InChI=1S/C16H22FN3S/c1-4-8-18-9-13-6-5-7-15(17)16(13)20(3)10-14-11-21-12(2)19-14/h5-7,11,18H,4,8-10H2,1-3H3. The van der Waals surface area contributed by atoms with Gasteiger partial charge in [-0.25, -0.2) is 9.37 Å². The number of hydrogen-bond acceptors (Lipinski definition) is 4. The Morgan fingerprint density at radius 3 is 2.86 bits per heavy atom. The summed E-state index contributed by atoms with van der Waals surface area (Å²) in [5, 5.41) is 6.40. The number of hydrogen-bond donors (Lipinski definition) is 1. The zero-order valence-electron chi connectivity index (χ0n) is 12.8. The maximum absolute atomic E-state index is 14.2. The lowest BCUT2D eigenvalue weighted by atomic mass is 10.1. The number of aromatic nitrogens is 1. The maximum Gasteiger partial charge on any atom is 0.146 e. The van der Waals surface area contributed by atoms with Gasteiger partial charge in [0.15, 0.2) is 0 Å². The highest BCUT2D eigenvalue weighted by Gasteiger charge is 2.14. The van der Waals surface area contributed by atoms with Crippen LogP contribution in [0.4, 0.5) is 10.1 Å². The van der Waals surface area contributed by atoms with Gasteiger partial charge < -0.3 is 10.2 Å². The molecule has 2 rings (SSSR count). The average Bonchev–Trinajstić information content (AvgIpc) is 2.84. The molecule has 0 bridgehead atoms. The minimum absolute atomic E-state index is 0.180. The summed E-state index contributed by atoms with van der Waals surface area (Å²) in [5.41, 5.74) is 2.63.